The molecule has 1 atom stereocenters. The van der Waals surface area contributed by atoms with Gasteiger partial charge in [-0.05, 0) is 25.3 Å². The Balaban J connectivity index is 1.48. The van der Waals surface area contributed by atoms with Crippen molar-refractivity contribution in [3.63, 3.8) is 0 Å². The predicted octanol–water partition coefficient (Wildman–Crippen LogP) is 2.99. The van der Waals surface area contributed by atoms with Crippen molar-refractivity contribution >= 4 is 29.8 Å². The molecule has 3 N–H and O–H groups in total. The second kappa shape index (κ2) is 16.0. The zero-order valence-electron chi connectivity index (χ0n) is 24.5. The van der Waals surface area contributed by atoms with Crippen LogP contribution in [0.5, 0.6) is 0 Å². The SMILES string of the molecule is CCOC(=O)ON1CCN(C(=O)[C@H](CCC(=O)O)NC(=O)c2cc(NCCc3ccccc3)nc(-c3ccccc3)n2)CC1. The van der Waals surface area contributed by atoms with Gasteiger partial charge in [-0.15, -0.1) is 5.06 Å². The van der Waals surface area contributed by atoms with Crippen LogP contribution in [-0.4, -0.2) is 94.3 Å². The van der Waals surface area contributed by atoms with E-state index < -0.39 is 30.0 Å². The van der Waals surface area contributed by atoms with Gasteiger partial charge in [0.1, 0.15) is 17.6 Å². The monoisotopic (exact) mass is 604 g/mol. The van der Waals surface area contributed by atoms with Gasteiger partial charge in [0.25, 0.3) is 5.91 Å². The van der Waals surface area contributed by atoms with Gasteiger partial charge in [-0.3, -0.25) is 14.4 Å². The molecule has 0 unspecified atom stereocenters. The zero-order chi connectivity index (χ0) is 31.3. The second-order valence-electron chi connectivity index (χ2n) is 9.98. The van der Waals surface area contributed by atoms with Gasteiger partial charge in [0.15, 0.2) is 5.82 Å². The number of aromatic nitrogens is 2. The molecule has 1 fully saturated rings. The molecule has 0 aliphatic carbocycles. The molecule has 232 valence electrons. The summed E-state index contributed by atoms with van der Waals surface area (Å²) in [6, 6.07) is 19.5. The van der Waals surface area contributed by atoms with E-state index in [2.05, 4.69) is 20.6 Å². The maximum absolute atomic E-state index is 13.5. The Kier molecular flexibility index (Phi) is 11.6. The summed E-state index contributed by atoms with van der Waals surface area (Å²) in [5.74, 6) is -1.40. The first-order valence-electron chi connectivity index (χ1n) is 14.5. The number of carboxylic acid groups (broad SMARTS) is 1. The third kappa shape index (κ3) is 9.49. The van der Waals surface area contributed by atoms with Crippen LogP contribution < -0.4 is 10.6 Å². The van der Waals surface area contributed by atoms with Crippen LogP contribution in [0.25, 0.3) is 11.4 Å². The van der Waals surface area contributed by atoms with Crippen LogP contribution in [0.4, 0.5) is 10.6 Å². The normalized spacial score (nSPS) is 13.9. The summed E-state index contributed by atoms with van der Waals surface area (Å²) in [6.45, 7) is 3.27. The van der Waals surface area contributed by atoms with Gasteiger partial charge in [0.05, 0.1) is 19.7 Å². The van der Waals surface area contributed by atoms with E-state index in [4.69, 9.17) is 9.57 Å². The average Bonchev–Trinajstić information content (AvgIpc) is 3.04. The molecule has 13 nitrogen and oxygen atoms in total. The number of aliphatic carboxylic acids is 1. The summed E-state index contributed by atoms with van der Waals surface area (Å²) in [6.07, 6.45) is -0.532. The van der Waals surface area contributed by atoms with Gasteiger partial charge in [-0.2, -0.15) is 0 Å². The molecule has 13 heteroatoms. The number of carbonyl (C=O) groups excluding carboxylic acids is 3. The lowest BCUT2D eigenvalue weighted by atomic mass is 10.1. The van der Waals surface area contributed by atoms with Gasteiger partial charge < -0.3 is 30.2 Å². The van der Waals surface area contributed by atoms with E-state index in [0.717, 1.165) is 12.0 Å². The first-order chi connectivity index (χ1) is 21.3. The third-order valence-corrected chi connectivity index (χ3v) is 6.82. The number of hydrogen-bond acceptors (Lipinski definition) is 10. The summed E-state index contributed by atoms with van der Waals surface area (Å²) in [7, 11) is 0. The number of nitrogens with one attached hydrogen (secondary N) is 2. The smallest absolute Gasteiger partial charge is 0.481 e. The number of amides is 2. The van der Waals surface area contributed by atoms with E-state index in [0.29, 0.717) is 23.8 Å². The highest BCUT2D eigenvalue weighted by molar-refractivity contribution is 5.97. The number of carbonyl (C=O) groups is 4. The Labute approximate surface area is 255 Å². The van der Waals surface area contributed by atoms with E-state index in [1.807, 2.05) is 60.7 Å². The van der Waals surface area contributed by atoms with E-state index in [1.54, 1.807) is 6.92 Å². The minimum Gasteiger partial charge on any atom is -0.481 e. The molecule has 1 aliphatic rings. The number of hydrogen-bond donors (Lipinski definition) is 3. The van der Waals surface area contributed by atoms with Crippen molar-refractivity contribution in [1.82, 2.24) is 25.2 Å². The number of rotatable bonds is 13. The Hall–Kier alpha value is -5.04. The second-order valence-corrected chi connectivity index (χ2v) is 9.98. The third-order valence-electron chi connectivity index (χ3n) is 6.82. The van der Waals surface area contributed by atoms with Crippen LogP contribution in [-0.2, 0) is 25.6 Å². The van der Waals surface area contributed by atoms with Crippen LogP contribution >= 0.6 is 0 Å². The molecule has 4 rings (SSSR count). The van der Waals surface area contributed by atoms with Crippen molar-refractivity contribution in [2.24, 2.45) is 0 Å². The highest BCUT2D eigenvalue weighted by atomic mass is 16.8. The highest BCUT2D eigenvalue weighted by Crippen LogP contribution is 2.19. The molecular weight excluding hydrogens is 568 g/mol. The number of piperazine rings is 1. The molecule has 2 amide bonds. The fourth-order valence-corrected chi connectivity index (χ4v) is 4.58. The summed E-state index contributed by atoms with van der Waals surface area (Å²) >= 11 is 0. The largest absolute Gasteiger partial charge is 0.527 e. The molecule has 1 saturated heterocycles. The van der Waals surface area contributed by atoms with Crippen molar-refractivity contribution in [3.8, 4) is 11.4 Å². The first-order valence-corrected chi connectivity index (χ1v) is 14.5. The van der Waals surface area contributed by atoms with Crippen molar-refractivity contribution in [3.05, 3.63) is 78.0 Å². The Morgan fingerprint density at radius 1 is 0.955 bits per heavy atom. The minimum absolute atomic E-state index is 0.0295. The van der Waals surface area contributed by atoms with Crippen LogP contribution in [0.15, 0.2) is 66.7 Å². The molecule has 3 aromatic rings. The first kappa shape index (κ1) is 31.9. The maximum atomic E-state index is 13.5. The number of ether oxygens (including phenoxy) is 1. The standard InChI is InChI=1S/C31H36N6O7/c1-2-43-31(42)44-37-19-17-36(18-20-37)30(41)24(13-14-27(38)39)34-29(40)25-21-26(32-16-15-22-9-5-3-6-10-22)35-28(33-25)23-11-7-4-8-12-23/h3-12,21,24H,2,13-20H2,1H3,(H,34,40)(H,38,39)(H,32,33,35)/t24-/m0/s1. The zero-order valence-corrected chi connectivity index (χ0v) is 24.5. The lowest BCUT2D eigenvalue weighted by Gasteiger charge is -2.35. The number of anilines is 1. The molecule has 0 bridgehead atoms. The number of benzene rings is 2. The quantitative estimate of drug-likeness (QED) is 0.246. The number of hydroxylamine groups is 2. The topological polar surface area (TPSA) is 163 Å². The lowest BCUT2D eigenvalue weighted by Crippen LogP contribution is -2.55. The molecule has 0 radical (unpaired) electrons. The van der Waals surface area contributed by atoms with Crippen LogP contribution in [0, 0.1) is 0 Å². The van der Waals surface area contributed by atoms with Crippen molar-refractivity contribution in [2.45, 2.75) is 32.2 Å². The minimum atomic E-state index is -1.11. The fourth-order valence-electron chi connectivity index (χ4n) is 4.58. The van der Waals surface area contributed by atoms with E-state index in [9.17, 15) is 24.3 Å². The van der Waals surface area contributed by atoms with Crippen LogP contribution in [0.3, 0.4) is 0 Å². The lowest BCUT2D eigenvalue weighted by molar-refractivity contribution is -0.157. The summed E-state index contributed by atoms with van der Waals surface area (Å²) in [4.78, 5) is 65.7. The Bertz CT molecular complexity index is 1420. The summed E-state index contributed by atoms with van der Waals surface area (Å²) < 4.78 is 4.78. The van der Waals surface area contributed by atoms with E-state index in [-0.39, 0.29) is 51.3 Å². The Morgan fingerprint density at radius 2 is 1.64 bits per heavy atom. The molecule has 2 heterocycles. The van der Waals surface area contributed by atoms with Crippen LogP contribution in [0.2, 0.25) is 0 Å². The van der Waals surface area contributed by atoms with Crippen LogP contribution in [0.1, 0.15) is 35.8 Å². The fraction of sp³-hybridized carbons (Fsp3) is 0.355. The molecule has 0 saturated carbocycles. The Morgan fingerprint density at radius 3 is 2.30 bits per heavy atom. The predicted molar refractivity (Wildman–Crippen MR) is 160 cm³/mol. The van der Waals surface area contributed by atoms with Gasteiger partial charge in [-0.25, -0.2) is 14.8 Å². The van der Waals surface area contributed by atoms with Gasteiger partial charge in [-0.1, -0.05) is 60.7 Å². The van der Waals surface area contributed by atoms with E-state index >= 15 is 0 Å². The van der Waals surface area contributed by atoms with Gasteiger partial charge in [0.2, 0.25) is 5.91 Å². The molecule has 1 aromatic heterocycles. The highest BCUT2D eigenvalue weighted by Gasteiger charge is 2.31. The molecule has 44 heavy (non-hydrogen) atoms. The molecule has 0 spiro atoms. The summed E-state index contributed by atoms with van der Waals surface area (Å²) in [5, 5.41) is 16.7. The van der Waals surface area contributed by atoms with Gasteiger partial charge in [0, 0.05) is 37.7 Å². The average molecular weight is 605 g/mol. The number of nitrogens with zero attached hydrogens (tertiary/aromatic N) is 4. The molecule has 2 aromatic carbocycles. The van der Waals surface area contributed by atoms with Crippen molar-refractivity contribution in [2.75, 3.05) is 44.6 Å². The molecule has 1 aliphatic heterocycles. The van der Waals surface area contributed by atoms with Crippen molar-refractivity contribution < 1.29 is 33.9 Å². The van der Waals surface area contributed by atoms with Gasteiger partial charge >= 0.3 is 12.1 Å². The molecular formula is C31H36N6O7. The van der Waals surface area contributed by atoms with Crippen molar-refractivity contribution in [1.29, 1.82) is 0 Å². The summed E-state index contributed by atoms with van der Waals surface area (Å²) in [5.41, 5.74) is 1.87. The number of carboxylic acids is 1. The maximum Gasteiger partial charge on any atom is 0.527 e. The van der Waals surface area contributed by atoms with E-state index in [1.165, 1.54) is 16.0 Å².